The van der Waals surface area contributed by atoms with Gasteiger partial charge in [0.2, 0.25) is 10.8 Å². The summed E-state index contributed by atoms with van der Waals surface area (Å²) in [7, 11) is 0. The molecule has 0 amide bonds. The normalized spacial score (nSPS) is 16.7. The molecule has 5 nitrogen and oxygen atoms in total. The molecule has 0 saturated carbocycles. The molecule has 31 heavy (non-hydrogen) atoms. The van der Waals surface area contributed by atoms with E-state index in [2.05, 4.69) is 45.3 Å². The summed E-state index contributed by atoms with van der Waals surface area (Å²) in [6.45, 7) is 3.66. The Hall–Kier alpha value is -2.77. The van der Waals surface area contributed by atoms with Crippen LogP contribution in [-0.4, -0.2) is 37.7 Å². The smallest absolute Gasteiger partial charge is 0.230 e. The number of aryl methyl sites for hydroxylation is 1. The van der Waals surface area contributed by atoms with Crippen LogP contribution in [0.15, 0.2) is 54.6 Å². The first kappa shape index (κ1) is 20.2. The number of aromatic hydroxyl groups is 1. The Morgan fingerprint density at radius 1 is 1.10 bits per heavy atom. The fraction of sp³-hybridized carbons (Fsp3) is 0.333. The maximum Gasteiger partial charge on any atom is 0.230 e. The molecule has 1 atom stereocenters. The van der Waals surface area contributed by atoms with Gasteiger partial charge in [-0.1, -0.05) is 53.8 Å². The van der Waals surface area contributed by atoms with Gasteiger partial charge in [-0.2, -0.15) is 4.52 Å². The van der Waals surface area contributed by atoms with Crippen molar-refractivity contribution in [1.82, 2.24) is 19.5 Å². The minimum absolute atomic E-state index is 0.126. The van der Waals surface area contributed by atoms with Crippen LogP contribution in [0.3, 0.4) is 0 Å². The topological polar surface area (TPSA) is 53.7 Å². The van der Waals surface area contributed by atoms with Crippen molar-refractivity contribution in [2.75, 3.05) is 13.1 Å². The summed E-state index contributed by atoms with van der Waals surface area (Å²) in [4.78, 5) is 8.30. The van der Waals surface area contributed by atoms with Crippen molar-refractivity contribution in [1.29, 1.82) is 0 Å². The molecule has 3 heterocycles. The highest BCUT2D eigenvalue weighted by molar-refractivity contribution is 7.17. The molecule has 0 spiro atoms. The second-order valence-electron chi connectivity index (χ2n) is 8.27. The number of piperidine rings is 1. The van der Waals surface area contributed by atoms with Gasteiger partial charge < -0.3 is 5.11 Å². The van der Waals surface area contributed by atoms with Gasteiger partial charge in [0, 0.05) is 0 Å². The van der Waals surface area contributed by atoms with Gasteiger partial charge in [-0.05, 0) is 68.5 Å². The van der Waals surface area contributed by atoms with Gasteiger partial charge in [-0.3, -0.25) is 4.90 Å². The molecule has 0 radical (unpaired) electrons. The van der Waals surface area contributed by atoms with Crippen LogP contribution in [0, 0.1) is 18.7 Å². The monoisotopic (exact) mass is 436 g/mol. The summed E-state index contributed by atoms with van der Waals surface area (Å²) in [5.74, 6) is 1.15. The number of aromatic nitrogens is 3. The number of nitrogens with zero attached hydrogens (tertiary/aromatic N) is 4. The van der Waals surface area contributed by atoms with Crippen molar-refractivity contribution in [3.63, 3.8) is 0 Å². The molecule has 0 unspecified atom stereocenters. The molecule has 0 aliphatic carbocycles. The van der Waals surface area contributed by atoms with Crippen LogP contribution < -0.4 is 0 Å². The van der Waals surface area contributed by atoms with Gasteiger partial charge in [0.05, 0.1) is 10.9 Å². The Labute approximate surface area is 184 Å². The van der Waals surface area contributed by atoms with Crippen molar-refractivity contribution in [3.05, 3.63) is 82.2 Å². The molecule has 1 aliphatic rings. The Morgan fingerprint density at radius 2 is 1.81 bits per heavy atom. The summed E-state index contributed by atoms with van der Waals surface area (Å²) in [5.41, 5.74) is 2.36. The first-order chi connectivity index (χ1) is 15.1. The summed E-state index contributed by atoms with van der Waals surface area (Å²) in [6, 6.07) is 17.1. The van der Waals surface area contributed by atoms with E-state index >= 15 is 0 Å². The van der Waals surface area contributed by atoms with E-state index in [9.17, 15) is 9.50 Å². The van der Waals surface area contributed by atoms with Crippen LogP contribution in [0.5, 0.6) is 5.88 Å². The first-order valence-corrected chi connectivity index (χ1v) is 11.5. The third-order valence-electron chi connectivity index (χ3n) is 6.12. The molecular weight excluding hydrogens is 411 g/mol. The lowest BCUT2D eigenvalue weighted by Gasteiger charge is -2.37. The first-order valence-electron chi connectivity index (χ1n) is 10.7. The molecular formula is C24H25FN4OS. The lowest BCUT2D eigenvalue weighted by Crippen LogP contribution is -2.37. The number of thiazole rings is 1. The minimum Gasteiger partial charge on any atom is -0.492 e. The number of likely N-dealkylation sites (tertiary alicyclic amines) is 1. The molecule has 2 aromatic carbocycles. The Kier molecular flexibility index (Phi) is 5.46. The highest BCUT2D eigenvalue weighted by Crippen LogP contribution is 2.41. The average Bonchev–Trinajstić information content (AvgIpc) is 3.29. The molecule has 1 N–H and O–H groups in total. The van der Waals surface area contributed by atoms with Crippen LogP contribution in [0.2, 0.25) is 0 Å². The van der Waals surface area contributed by atoms with Crippen LogP contribution in [0.25, 0.3) is 4.96 Å². The molecule has 1 fully saturated rings. The Bertz CT molecular complexity index is 1160. The van der Waals surface area contributed by atoms with Crippen molar-refractivity contribution in [3.8, 4) is 5.88 Å². The van der Waals surface area contributed by atoms with Gasteiger partial charge in [0.1, 0.15) is 11.6 Å². The van der Waals surface area contributed by atoms with Crippen LogP contribution >= 0.6 is 11.3 Å². The van der Waals surface area contributed by atoms with Crippen LogP contribution in [0.1, 0.15) is 40.7 Å². The molecule has 160 valence electrons. The number of benzene rings is 2. The van der Waals surface area contributed by atoms with E-state index in [1.165, 1.54) is 33.5 Å². The quantitative estimate of drug-likeness (QED) is 0.479. The Morgan fingerprint density at radius 3 is 2.48 bits per heavy atom. The molecule has 2 aromatic heterocycles. The van der Waals surface area contributed by atoms with Gasteiger partial charge in [0.25, 0.3) is 0 Å². The van der Waals surface area contributed by atoms with Crippen LogP contribution in [-0.2, 0) is 6.42 Å². The summed E-state index contributed by atoms with van der Waals surface area (Å²) in [5, 5.41) is 15.3. The SMILES string of the molecule is Cc1nc2sc([C@@H](c3ccc(F)cc3)N3CCC(Cc4ccccc4)CC3)c(O)n2n1. The van der Waals surface area contributed by atoms with Crippen LogP contribution in [0.4, 0.5) is 4.39 Å². The van der Waals surface area contributed by atoms with Crippen molar-refractivity contribution in [2.45, 2.75) is 32.2 Å². The van der Waals surface area contributed by atoms with Gasteiger partial charge in [0.15, 0.2) is 0 Å². The molecule has 4 aromatic rings. The average molecular weight is 437 g/mol. The maximum atomic E-state index is 13.6. The number of hydrogen-bond donors (Lipinski definition) is 1. The van der Waals surface area contributed by atoms with Gasteiger partial charge >= 0.3 is 0 Å². The van der Waals surface area contributed by atoms with Crippen molar-refractivity contribution >= 4 is 16.3 Å². The largest absolute Gasteiger partial charge is 0.492 e. The standard InChI is InChI=1S/C24H25FN4OS/c1-16-26-24-29(27-16)23(30)22(31-24)21(19-7-9-20(25)10-8-19)28-13-11-18(12-14-28)15-17-5-3-2-4-6-17/h2-10,18,21,30H,11-15H2,1H3/t21-/m1/s1. The molecule has 0 bridgehead atoms. The summed E-state index contributed by atoms with van der Waals surface area (Å²) < 4.78 is 15.1. The minimum atomic E-state index is -0.258. The zero-order valence-corrected chi connectivity index (χ0v) is 18.2. The predicted molar refractivity (Wildman–Crippen MR) is 120 cm³/mol. The second-order valence-corrected chi connectivity index (χ2v) is 9.28. The van der Waals surface area contributed by atoms with Crippen molar-refractivity contribution < 1.29 is 9.50 Å². The predicted octanol–water partition coefficient (Wildman–Crippen LogP) is 4.99. The van der Waals surface area contributed by atoms with E-state index < -0.39 is 0 Å². The number of hydrogen-bond acceptors (Lipinski definition) is 5. The fourth-order valence-electron chi connectivity index (χ4n) is 4.56. The van der Waals surface area contributed by atoms with E-state index in [0.717, 1.165) is 42.8 Å². The lowest BCUT2D eigenvalue weighted by molar-refractivity contribution is 0.150. The number of halogens is 1. The van der Waals surface area contributed by atoms with Gasteiger partial charge in [-0.15, -0.1) is 5.10 Å². The zero-order valence-electron chi connectivity index (χ0n) is 17.4. The molecule has 5 rings (SSSR count). The van der Waals surface area contributed by atoms with Gasteiger partial charge in [-0.25, -0.2) is 9.37 Å². The van der Waals surface area contributed by atoms with E-state index in [1.807, 2.05) is 19.1 Å². The number of fused-ring (bicyclic) bond motifs is 1. The number of rotatable bonds is 5. The van der Waals surface area contributed by atoms with E-state index in [0.29, 0.717) is 16.7 Å². The van der Waals surface area contributed by atoms with E-state index in [1.54, 1.807) is 0 Å². The molecule has 1 saturated heterocycles. The van der Waals surface area contributed by atoms with E-state index in [4.69, 9.17) is 0 Å². The third-order valence-corrected chi connectivity index (χ3v) is 7.19. The Balaban J connectivity index is 1.42. The highest BCUT2D eigenvalue weighted by atomic mass is 32.1. The fourth-order valence-corrected chi connectivity index (χ4v) is 5.72. The maximum absolute atomic E-state index is 13.6. The van der Waals surface area contributed by atoms with E-state index in [-0.39, 0.29) is 17.7 Å². The lowest BCUT2D eigenvalue weighted by atomic mass is 9.89. The zero-order chi connectivity index (χ0) is 21.4. The second kappa shape index (κ2) is 8.40. The summed E-state index contributed by atoms with van der Waals surface area (Å²) in [6.07, 6.45) is 3.28. The molecule has 1 aliphatic heterocycles. The summed E-state index contributed by atoms with van der Waals surface area (Å²) >= 11 is 1.45. The van der Waals surface area contributed by atoms with Crippen molar-refractivity contribution in [2.24, 2.45) is 5.92 Å². The molecule has 7 heteroatoms. The third kappa shape index (κ3) is 4.07. The highest BCUT2D eigenvalue weighted by Gasteiger charge is 2.32.